The molecule has 0 amide bonds. The SMILES string of the molecule is CC1(Nc2ccnc(-c3ccccc3)n2)C=CNC(N)=N1. The van der Waals surface area contributed by atoms with Crippen LogP contribution in [0, 0.1) is 0 Å². The summed E-state index contributed by atoms with van der Waals surface area (Å²) in [5.41, 5.74) is 6.04. The second kappa shape index (κ2) is 5.24. The lowest BCUT2D eigenvalue weighted by molar-refractivity contribution is 0.653. The van der Waals surface area contributed by atoms with Crippen LogP contribution in [-0.2, 0) is 0 Å². The molecule has 1 unspecified atom stereocenters. The van der Waals surface area contributed by atoms with Gasteiger partial charge in [-0.05, 0) is 19.1 Å². The van der Waals surface area contributed by atoms with Gasteiger partial charge in [-0.1, -0.05) is 30.3 Å². The summed E-state index contributed by atoms with van der Waals surface area (Å²) >= 11 is 0. The third kappa shape index (κ3) is 3.00. The van der Waals surface area contributed by atoms with Crippen molar-refractivity contribution in [2.45, 2.75) is 12.6 Å². The number of aliphatic imine (C=N–C) groups is 1. The maximum Gasteiger partial charge on any atom is 0.195 e. The van der Waals surface area contributed by atoms with Gasteiger partial charge in [0, 0.05) is 18.0 Å². The smallest absolute Gasteiger partial charge is 0.195 e. The zero-order valence-electron chi connectivity index (χ0n) is 11.6. The van der Waals surface area contributed by atoms with Crippen molar-refractivity contribution in [3.63, 3.8) is 0 Å². The predicted octanol–water partition coefficient (Wildman–Crippen LogP) is 1.70. The maximum atomic E-state index is 5.70. The molecular weight excluding hydrogens is 264 g/mol. The number of aromatic nitrogens is 2. The van der Waals surface area contributed by atoms with Crippen LogP contribution >= 0.6 is 0 Å². The van der Waals surface area contributed by atoms with Gasteiger partial charge in [0.15, 0.2) is 17.4 Å². The van der Waals surface area contributed by atoms with Crippen LogP contribution in [-0.4, -0.2) is 21.6 Å². The highest BCUT2D eigenvalue weighted by Gasteiger charge is 2.23. The van der Waals surface area contributed by atoms with Gasteiger partial charge in [0.25, 0.3) is 0 Å². The number of hydrogen-bond acceptors (Lipinski definition) is 6. The average Bonchev–Trinajstić information content (AvgIpc) is 2.48. The number of rotatable bonds is 3. The first kappa shape index (κ1) is 13.1. The second-order valence-electron chi connectivity index (χ2n) is 4.88. The molecule has 0 radical (unpaired) electrons. The Morgan fingerprint density at radius 1 is 1.19 bits per heavy atom. The summed E-state index contributed by atoms with van der Waals surface area (Å²) in [4.78, 5) is 13.2. The van der Waals surface area contributed by atoms with Gasteiger partial charge >= 0.3 is 0 Å². The fourth-order valence-electron chi connectivity index (χ4n) is 2.09. The number of nitrogens with zero attached hydrogens (tertiary/aromatic N) is 3. The number of benzene rings is 1. The van der Waals surface area contributed by atoms with E-state index >= 15 is 0 Å². The van der Waals surface area contributed by atoms with Crippen molar-refractivity contribution >= 4 is 11.8 Å². The fraction of sp³-hybridized carbons (Fsp3) is 0.133. The third-order valence-electron chi connectivity index (χ3n) is 3.06. The molecule has 1 atom stereocenters. The third-order valence-corrected chi connectivity index (χ3v) is 3.06. The Morgan fingerprint density at radius 3 is 2.76 bits per heavy atom. The molecule has 21 heavy (non-hydrogen) atoms. The number of anilines is 1. The van der Waals surface area contributed by atoms with E-state index in [1.165, 1.54) is 0 Å². The minimum atomic E-state index is -0.627. The van der Waals surface area contributed by atoms with Crippen LogP contribution in [0.5, 0.6) is 0 Å². The Bertz CT molecular complexity index is 694. The molecule has 1 aromatic carbocycles. The lowest BCUT2D eigenvalue weighted by Gasteiger charge is -2.27. The van der Waals surface area contributed by atoms with Crippen molar-refractivity contribution in [1.82, 2.24) is 15.3 Å². The van der Waals surface area contributed by atoms with Gasteiger partial charge in [-0.2, -0.15) is 0 Å². The molecular formula is C15H16N6. The highest BCUT2D eigenvalue weighted by atomic mass is 15.2. The number of nitrogens with one attached hydrogen (secondary N) is 2. The van der Waals surface area contributed by atoms with Crippen molar-refractivity contribution in [2.75, 3.05) is 5.32 Å². The Labute approximate surface area is 122 Å². The molecule has 2 aromatic rings. The lowest BCUT2D eigenvalue weighted by atomic mass is 10.2. The molecule has 1 aliphatic rings. The van der Waals surface area contributed by atoms with Gasteiger partial charge in [0.05, 0.1) is 0 Å². The van der Waals surface area contributed by atoms with Crippen molar-refractivity contribution in [2.24, 2.45) is 10.7 Å². The van der Waals surface area contributed by atoms with Crippen LogP contribution in [0.15, 0.2) is 59.9 Å². The Kier molecular flexibility index (Phi) is 3.27. The van der Waals surface area contributed by atoms with Crippen molar-refractivity contribution in [3.05, 3.63) is 54.9 Å². The van der Waals surface area contributed by atoms with E-state index in [1.54, 1.807) is 18.5 Å². The first-order chi connectivity index (χ1) is 10.1. The van der Waals surface area contributed by atoms with Gasteiger partial charge < -0.3 is 16.4 Å². The highest BCUT2D eigenvalue weighted by Crippen LogP contribution is 2.20. The molecule has 6 nitrogen and oxygen atoms in total. The molecule has 1 aliphatic heterocycles. The van der Waals surface area contributed by atoms with Gasteiger partial charge in [-0.3, -0.25) is 0 Å². The molecule has 106 valence electrons. The predicted molar refractivity (Wildman–Crippen MR) is 83.4 cm³/mol. The zero-order valence-corrected chi connectivity index (χ0v) is 11.6. The van der Waals surface area contributed by atoms with Gasteiger partial charge in [0.1, 0.15) is 5.82 Å². The molecule has 0 saturated heterocycles. The summed E-state index contributed by atoms with van der Waals surface area (Å²) in [6.07, 6.45) is 5.36. The molecule has 2 heterocycles. The van der Waals surface area contributed by atoms with E-state index in [0.29, 0.717) is 17.6 Å². The van der Waals surface area contributed by atoms with Crippen LogP contribution < -0.4 is 16.4 Å². The molecule has 4 N–H and O–H groups in total. The summed E-state index contributed by atoms with van der Waals surface area (Å²) in [5, 5.41) is 6.09. The molecule has 0 fully saturated rings. The second-order valence-corrected chi connectivity index (χ2v) is 4.88. The first-order valence-corrected chi connectivity index (χ1v) is 6.61. The molecule has 0 spiro atoms. The highest BCUT2D eigenvalue weighted by molar-refractivity contribution is 5.80. The van der Waals surface area contributed by atoms with Crippen molar-refractivity contribution < 1.29 is 0 Å². The number of hydrogen-bond donors (Lipinski definition) is 3. The van der Waals surface area contributed by atoms with Crippen LogP contribution in [0.4, 0.5) is 5.82 Å². The zero-order chi connectivity index (χ0) is 14.7. The Balaban J connectivity index is 1.87. The van der Waals surface area contributed by atoms with Crippen molar-refractivity contribution in [1.29, 1.82) is 0 Å². The fourth-order valence-corrected chi connectivity index (χ4v) is 2.09. The van der Waals surface area contributed by atoms with E-state index in [1.807, 2.05) is 43.3 Å². The minimum Gasteiger partial charge on any atom is -0.370 e. The van der Waals surface area contributed by atoms with E-state index < -0.39 is 5.66 Å². The molecule has 0 aliphatic carbocycles. The molecule has 1 aromatic heterocycles. The number of guanidine groups is 1. The summed E-state index contributed by atoms with van der Waals surface area (Å²) < 4.78 is 0. The van der Waals surface area contributed by atoms with E-state index in [9.17, 15) is 0 Å². The Morgan fingerprint density at radius 2 is 2.00 bits per heavy atom. The lowest BCUT2D eigenvalue weighted by Crippen LogP contribution is -2.41. The van der Waals surface area contributed by atoms with Crippen LogP contribution in [0.2, 0.25) is 0 Å². The minimum absolute atomic E-state index is 0.366. The van der Waals surface area contributed by atoms with E-state index in [2.05, 4.69) is 25.6 Å². The summed E-state index contributed by atoms with van der Waals surface area (Å²) in [6.45, 7) is 1.92. The number of nitrogens with two attached hydrogens (primary N) is 1. The summed E-state index contributed by atoms with van der Waals surface area (Å²) in [5.74, 6) is 1.72. The average molecular weight is 280 g/mol. The van der Waals surface area contributed by atoms with E-state index in [0.717, 1.165) is 5.56 Å². The molecule has 0 saturated carbocycles. The summed E-state index contributed by atoms with van der Waals surface area (Å²) in [7, 11) is 0. The molecule has 0 bridgehead atoms. The van der Waals surface area contributed by atoms with Crippen molar-refractivity contribution in [3.8, 4) is 11.4 Å². The first-order valence-electron chi connectivity index (χ1n) is 6.61. The largest absolute Gasteiger partial charge is 0.370 e. The monoisotopic (exact) mass is 280 g/mol. The van der Waals surface area contributed by atoms with Gasteiger partial charge in [-0.15, -0.1) is 0 Å². The Hall–Kier alpha value is -2.89. The molecule has 3 rings (SSSR count). The standard InChI is InChI=1S/C15H16N6/c1-15(8-10-18-14(16)21-15)20-12-7-9-17-13(19-12)11-5-3-2-4-6-11/h2-10H,1H3,(H3,16,18,21)(H,17,19,20). The van der Waals surface area contributed by atoms with Gasteiger partial charge in [0.2, 0.25) is 0 Å². The quantitative estimate of drug-likeness (QED) is 0.796. The van der Waals surface area contributed by atoms with Gasteiger partial charge in [-0.25, -0.2) is 15.0 Å². The van der Waals surface area contributed by atoms with E-state index in [4.69, 9.17) is 5.73 Å². The topological polar surface area (TPSA) is 88.2 Å². The summed E-state index contributed by atoms with van der Waals surface area (Å²) in [6, 6.07) is 11.6. The van der Waals surface area contributed by atoms with Crippen LogP contribution in [0.3, 0.4) is 0 Å². The maximum absolute atomic E-state index is 5.70. The van der Waals surface area contributed by atoms with Crippen LogP contribution in [0.1, 0.15) is 6.92 Å². The normalized spacial score (nSPS) is 20.5. The molecule has 6 heteroatoms. The van der Waals surface area contributed by atoms with Crippen LogP contribution in [0.25, 0.3) is 11.4 Å². The van der Waals surface area contributed by atoms with E-state index in [-0.39, 0.29) is 0 Å².